The lowest BCUT2D eigenvalue weighted by Crippen LogP contribution is -1.61. The van der Waals surface area contributed by atoms with Crippen molar-refractivity contribution < 1.29 is 0 Å². The molecule has 0 saturated carbocycles. The fraction of sp³-hybridized carbons (Fsp3) is 0.400. The van der Waals surface area contributed by atoms with Gasteiger partial charge in [-0.05, 0) is 26.7 Å². The van der Waals surface area contributed by atoms with Crippen molar-refractivity contribution in [3.63, 3.8) is 0 Å². The van der Waals surface area contributed by atoms with Gasteiger partial charge in [0.15, 0.2) is 0 Å². The van der Waals surface area contributed by atoms with Crippen molar-refractivity contribution in [2.45, 2.75) is 26.7 Å². The fourth-order valence-corrected chi connectivity index (χ4v) is 0.645. The van der Waals surface area contributed by atoms with Crippen LogP contribution in [0.3, 0.4) is 0 Å². The second-order valence-electron chi connectivity index (χ2n) is 2.10. The third kappa shape index (κ3) is 7.22. The van der Waals surface area contributed by atoms with Gasteiger partial charge in [-0.3, -0.25) is 0 Å². The van der Waals surface area contributed by atoms with Crippen molar-refractivity contribution in [2.24, 2.45) is 0 Å². The standard InChI is InChI=1S/C10H16/c1-3-5-7-9-10-8-6-4-2/h3-7,9H,8,10H2,1-2H3/b5-3+,6-4-,9-7-. The normalized spacial score (nSPS) is 12.6. The maximum absolute atomic E-state index is 2.18. The van der Waals surface area contributed by atoms with Crippen molar-refractivity contribution in [3.05, 3.63) is 36.5 Å². The van der Waals surface area contributed by atoms with Crippen molar-refractivity contribution in [3.8, 4) is 0 Å². The Morgan fingerprint density at radius 3 is 2.10 bits per heavy atom. The van der Waals surface area contributed by atoms with E-state index in [1.165, 1.54) is 0 Å². The summed E-state index contributed by atoms with van der Waals surface area (Å²) in [5.74, 6) is 0. The van der Waals surface area contributed by atoms with Gasteiger partial charge in [-0.2, -0.15) is 0 Å². The summed E-state index contributed by atoms with van der Waals surface area (Å²) >= 11 is 0. The van der Waals surface area contributed by atoms with Crippen molar-refractivity contribution in [1.29, 1.82) is 0 Å². The first-order valence-corrected chi connectivity index (χ1v) is 3.80. The quantitative estimate of drug-likeness (QED) is 0.315. The highest BCUT2D eigenvalue weighted by Crippen LogP contribution is 1.92. The number of unbranched alkanes of at least 4 members (excludes halogenated alkanes) is 1. The first-order valence-electron chi connectivity index (χ1n) is 3.80. The molecule has 0 radical (unpaired) electrons. The summed E-state index contributed by atoms with van der Waals surface area (Å²) in [7, 11) is 0. The molecule has 0 atom stereocenters. The lowest BCUT2D eigenvalue weighted by atomic mass is 10.2. The average molecular weight is 136 g/mol. The Morgan fingerprint density at radius 2 is 1.50 bits per heavy atom. The van der Waals surface area contributed by atoms with E-state index in [-0.39, 0.29) is 0 Å². The molecule has 0 aliphatic carbocycles. The SMILES string of the molecule is C/C=C\CC/C=C\C=C\C. The molecular weight excluding hydrogens is 120 g/mol. The summed E-state index contributed by atoms with van der Waals surface area (Å²) in [5.41, 5.74) is 0. The van der Waals surface area contributed by atoms with Gasteiger partial charge in [-0.25, -0.2) is 0 Å². The smallest absolute Gasteiger partial charge is 0.0313 e. The molecule has 0 spiro atoms. The largest absolute Gasteiger partial charge is 0.0917 e. The van der Waals surface area contributed by atoms with Gasteiger partial charge in [0.2, 0.25) is 0 Å². The Morgan fingerprint density at radius 1 is 0.800 bits per heavy atom. The van der Waals surface area contributed by atoms with Crippen LogP contribution in [0.25, 0.3) is 0 Å². The second-order valence-corrected chi connectivity index (χ2v) is 2.10. The van der Waals surface area contributed by atoms with E-state index in [4.69, 9.17) is 0 Å². The Bertz CT molecular complexity index is 127. The second kappa shape index (κ2) is 8.22. The molecule has 0 aromatic heterocycles. The maximum Gasteiger partial charge on any atom is -0.0313 e. The lowest BCUT2D eigenvalue weighted by molar-refractivity contribution is 1.05. The third-order valence-corrected chi connectivity index (χ3v) is 1.18. The molecule has 0 aliphatic rings. The average Bonchev–Trinajstić information content (AvgIpc) is 1.97. The van der Waals surface area contributed by atoms with Gasteiger partial charge in [-0.15, -0.1) is 0 Å². The predicted molar refractivity (Wildman–Crippen MR) is 48.0 cm³/mol. The molecule has 0 fully saturated rings. The van der Waals surface area contributed by atoms with E-state index < -0.39 is 0 Å². The molecule has 10 heavy (non-hydrogen) atoms. The van der Waals surface area contributed by atoms with Crippen LogP contribution in [0.1, 0.15) is 26.7 Å². The Balaban J connectivity index is 3.18. The number of rotatable bonds is 4. The van der Waals surface area contributed by atoms with Gasteiger partial charge < -0.3 is 0 Å². The number of hydrogen-bond acceptors (Lipinski definition) is 0. The van der Waals surface area contributed by atoms with Gasteiger partial charge in [0.1, 0.15) is 0 Å². The first kappa shape index (κ1) is 9.22. The summed E-state index contributed by atoms with van der Waals surface area (Å²) in [5, 5.41) is 0. The van der Waals surface area contributed by atoms with Crippen LogP contribution in [-0.4, -0.2) is 0 Å². The molecule has 0 unspecified atom stereocenters. The number of allylic oxidation sites excluding steroid dienone is 6. The van der Waals surface area contributed by atoms with Crippen molar-refractivity contribution >= 4 is 0 Å². The molecule has 0 amide bonds. The van der Waals surface area contributed by atoms with Crippen LogP contribution in [0.15, 0.2) is 36.5 Å². The minimum absolute atomic E-state index is 1.15. The molecule has 0 aliphatic heterocycles. The summed E-state index contributed by atoms with van der Waals surface area (Å²) in [6, 6.07) is 0. The molecule has 0 nitrogen and oxygen atoms in total. The maximum atomic E-state index is 2.18. The van der Waals surface area contributed by atoms with Gasteiger partial charge in [0.05, 0.1) is 0 Å². The van der Waals surface area contributed by atoms with Crippen LogP contribution in [-0.2, 0) is 0 Å². The first-order chi connectivity index (χ1) is 4.91. The molecular formula is C10H16. The fourth-order valence-electron chi connectivity index (χ4n) is 0.645. The van der Waals surface area contributed by atoms with E-state index in [2.05, 4.69) is 37.3 Å². The zero-order valence-corrected chi connectivity index (χ0v) is 6.88. The lowest BCUT2D eigenvalue weighted by Gasteiger charge is -1.82. The van der Waals surface area contributed by atoms with E-state index in [9.17, 15) is 0 Å². The van der Waals surface area contributed by atoms with Crippen LogP contribution in [0, 0.1) is 0 Å². The Hall–Kier alpha value is -0.780. The van der Waals surface area contributed by atoms with Crippen LogP contribution in [0.2, 0.25) is 0 Å². The topological polar surface area (TPSA) is 0 Å². The van der Waals surface area contributed by atoms with E-state index in [1.807, 2.05) is 13.0 Å². The minimum atomic E-state index is 1.15. The molecule has 0 rings (SSSR count). The Labute approximate surface area is 64.0 Å². The molecule has 0 heterocycles. The highest BCUT2D eigenvalue weighted by molar-refractivity contribution is 5.01. The van der Waals surface area contributed by atoms with E-state index in [1.54, 1.807) is 0 Å². The van der Waals surface area contributed by atoms with E-state index in [0.29, 0.717) is 0 Å². The van der Waals surface area contributed by atoms with Crippen LogP contribution < -0.4 is 0 Å². The Kier molecular flexibility index (Phi) is 7.58. The molecule has 0 heteroatoms. The van der Waals surface area contributed by atoms with Crippen LogP contribution in [0.4, 0.5) is 0 Å². The monoisotopic (exact) mass is 136 g/mol. The molecule has 0 aromatic carbocycles. The molecule has 0 saturated heterocycles. The summed E-state index contributed by atoms with van der Waals surface area (Å²) in [6.45, 7) is 4.08. The summed E-state index contributed by atoms with van der Waals surface area (Å²) in [4.78, 5) is 0. The van der Waals surface area contributed by atoms with E-state index in [0.717, 1.165) is 12.8 Å². The third-order valence-electron chi connectivity index (χ3n) is 1.18. The van der Waals surface area contributed by atoms with E-state index >= 15 is 0 Å². The van der Waals surface area contributed by atoms with Gasteiger partial charge in [0.25, 0.3) is 0 Å². The summed E-state index contributed by atoms with van der Waals surface area (Å²) < 4.78 is 0. The summed E-state index contributed by atoms with van der Waals surface area (Å²) in [6.07, 6.45) is 14.9. The predicted octanol–water partition coefficient (Wildman–Crippen LogP) is 3.48. The number of hydrogen-bond donors (Lipinski definition) is 0. The molecule has 0 N–H and O–H groups in total. The zero-order chi connectivity index (χ0) is 7.66. The zero-order valence-electron chi connectivity index (χ0n) is 6.88. The van der Waals surface area contributed by atoms with Crippen LogP contribution in [0.5, 0.6) is 0 Å². The van der Waals surface area contributed by atoms with Crippen molar-refractivity contribution in [2.75, 3.05) is 0 Å². The molecule has 0 aromatic rings. The van der Waals surface area contributed by atoms with Crippen molar-refractivity contribution in [1.82, 2.24) is 0 Å². The molecule has 0 bridgehead atoms. The minimum Gasteiger partial charge on any atom is -0.0917 e. The van der Waals surface area contributed by atoms with Gasteiger partial charge in [-0.1, -0.05) is 36.5 Å². The van der Waals surface area contributed by atoms with Gasteiger partial charge >= 0.3 is 0 Å². The van der Waals surface area contributed by atoms with Crippen LogP contribution >= 0.6 is 0 Å². The van der Waals surface area contributed by atoms with Gasteiger partial charge in [0, 0.05) is 0 Å². The molecule has 56 valence electrons. The highest BCUT2D eigenvalue weighted by atomic mass is 13.8. The highest BCUT2D eigenvalue weighted by Gasteiger charge is 1.71.